The Labute approximate surface area is 206 Å². The zero-order valence-corrected chi connectivity index (χ0v) is 20.2. The molecule has 0 saturated carbocycles. The van der Waals surface area contributed by atoms with Crippen LogP contribution in [0.1, 0.15) is 46.9 Å². The molecule has 0 aliphatic rings. The van der Waals surface area contributed by atoms with E-state index < -0.39 is 29.2 Å². The summed E-state index contributed by atoms with van der Waals surface area (Å²) in [6.07, 6.45) is -2.22. The zero-order valence-electron chi connectivity index (χ0n) is 20.2. The number of amides is 2. The van der Waals surface area contributed by atoms with Crippen molar-refractivity contribution in [1.29, 1.82) is 5.26 Å². The van der Waals surface area contributed by atoms with Crippen LogP contribution in [0, 0.1) is 31.1 Å². The predicted octanol–water partition coefficient (Wildman–Crippen LogP) is 6.17. The third-order valence-corrected chi connectivity index (χ3v) is 5.40. The fraction of sp³-hybridized carbons (Fsp3) is 0.269. The van der Waals surface area contributed by atoms with Crippen molar-refractivity contribution in [2.75, 3.05) is 10.6 Å². The number of alkyl halides is 3. The lowest BCUT2D eigenvalue weighted by molar-refractivity contribution is -0.136. The lowest BCUT2D eigenvalue weighted by atomic mass is 10.1. The van der Waals surface area contributed by atoms with Crippen LogP contribution >= 0.6 is 0 Å². The summed E-state index contributed by atoms with van der Waals surface area (Å²) in [5.41, 5.74) is 0.201. The molecule has 0 unspecified atom stereocenters. The number of benzene rings is 1. The molecule has 1 aromatic carbocycles. The van der Waals surface area contributed by atoms with Crippen LogP contribution < -0.4 is 10.6 Å². The highest BCUT2D eigenvalue weighted by atomic mass is 19.4. The van der Waals surface area contributed by atoms with Crippen LogP contribution in [0.2, 0.25) is 0 Å². The first kappa shape index (κ1) is 26.3. The van der Waals surface area contributed by atoms with E-state index in [4.69, 9.17) is 4.42 Å². The number of hydrogen-bond donors (Lipinski definition) is 2. The number of aryl methyl sites for hydroxylation is 1. The molecule has 0 spiro atoms. The molecular weight excluding hydrogens is 473 g/mol. The fourth-order valence-corrected chi connectivity index (χ4v) is 3.68. The van der Waals surface area contributed by atoms with Gasteiger partial charge in [-0.2, -0.15) is 18.4 Å². The molecule has 0 saturated heterocycles. The molecule has 2 N–H and O–H groups in total. The molecule has 10 heteroatoms. The number of carbonyl (C=O) groups is 2. The highest BCUT2D eigenvalue weighted by Crippen LogP contribution is 2.37. The van der Waals surface area contributed by atoms with Gasteiger partial charge in [-0.1, -0.05) is 13.8 Å². The Morgan fingerprint density at radius 2 is 1.89 bits per heavy atom. The number of nitriles is 1. The van der Waals surface area contributed by atoms with Gasteiger partial charge in [-0.15, -0.1) is 0 Å². The van der Waals surface area contributed by atoms with Gasteiger partial charge < -0.3 is 19.6 Å². The van der Waals surface area contributed by atoms with Crippen LogP contribution in [0.15, 0.2) is 52.7 Å². The first-order valence-electron chi connectivity index (χ1n) is 11.1. The molecule has 3 rings (SSSR count). The molecule has 2 aromatic heterocycles. The van der Waals surface area contributed by atoms with Crippen LogP contribution in [-0.2, 0) is 17.5 Å². The number of nitrogens with zero attached hydrogens (tertiary/aromatic N) is 2. The molecule has 0 atom stereocenters. The average Bonchev–Trinajstić information content (AvgIpc) is 3.42. The molecule has 0 bridgehead atoms. The molecule has 188 valence electrons. The van der Waals surface area contributed by atoms with Crippen molar-refractivity contribution < 1.29 is 27.2 Å². The summed E-state index contributed by atoms with van der Waals surface area (Å²) in [5.74, 6) is -1.41. The second kappa shape index (κ2) is 10.6. The Bertz CT molecular complexity index is 1340. The lowest BCUT2D eigenvalue weighted by Crippen LogP contribution is -2.18. The van der Waals surface area contributed by atoms with Crippen LogP contribution in [-0.4, -0.2) is 16.4 Å². The monoisotopic (exact) mass is 498 g/mol. The highest BCUT2D eigenvalue weighted by molar-refractivity contribution is 6.10. The summed E-state index contributed by atoms with van der Waals surface area (Å²) in [5, 5.41) is 14.0. The Morgan fingerprint density at radius 3 is 2.47 bits per heavy atom. The van der Waals surface area contributed by atoms with Gasteiger partial charge in [-0.05, 0) is 67.8 Å². The van der Waals surface area contributed by atoms with Crippen molar-refractivity contribution >= 4 is 29.3 Å². The van der Waals surface area contributed by atoms with Crippen molar-refractivity contribution in [3.05, 3.63) is 76.5 Å². The topological polar surface area (TPSA) is 100 Å². The second-order valence-electron chi connectivity index (χ2n) is 8.64. The SMILES string of the molecule is Cc1cc(/C=C(\C#N)C(=O)Nc2ccc(NC(=O)c3ccco3)cc2C(F)(F)F)c(C)n1CC(C)C. The van der Waals surface area contributed by atoms with Gasteiger partial charge in [0.05, 0.1) is 17.5 Å². The van der Waals surface area contributed by atoms with Gasteiger partial charge >= 0.3 is 6.18 Å². The first-order valence-corrected chi connectivity index (χ1v) is 11.1. The summed E-state index contributed by atoms with van der Waals surface area (Å²) in [4.78, 5) is 24.9. The predicted molar refractivity (Wildman–Crippen MR) is 129 cm³/mol. The van der Waals surface area contributed by atoms with Gasteiger partial charge in [0.15, 0.2) is 5.76 Å². The molecule has 2 heterocycles. The van der Waals surface area contributed by atoms with Crippen LogP contribution in [0.5, 0.6) is 0 Å². The summed E-state index contributed by atoms with van der Waals surface area (Å²) in [6, 6.07) is 9.35. The minimum absolute atomic E-state index is 0.0718. The second-order valence-corrected chi connectivity index (χ2v) is 8.64. The van der Waals surface area contributed by atoms with E-state index in [9.17, 15) is 28.0 Å². The Hall–Kier alpha value is -4.26. The smallest absolute Gasteiger partial charge is 0.418 e. The largest absolute Gasteiger partial charge is 0.459 e. The number of carbonyl (C=O) groups excluding carboxylic acids is 2. The molecule has 0 radical (unpaired) electrons. The van der Waals surface area contributed by atoms with Gasteiger partial charge in [0.2, 0.25) is 0 Å². The highest BCUT2D eigenvalue weighted by Gasteiger charge is 2.34. The molecule has 2 amide bonds. The van der Waals surface area contributed by atoms with Gasteiger partial charge in [-0.25, -0.2) is 0 Å². The molecule has 0 aliphatic heterocycles. The summed E-state index contributed by atoms with van der Waals surface area (Å²) >= 11 is 0. The Morgan fingerprint density at radius 1 is 1.17 bits per heavy atom. The number of rotatable bonds is 7. The van der Waals surface area contributed by atoms with Gasteiger partial charge in [0, 0.05) is 23.6 Å². The minimum Gasteiger partial charge on any atom is -0.459 e. The normalized spacial score (nSPS) is 11.9. The van der Waals surface area contributed by atoms with Crippen molar-refractivity contribution in [2.24, 2.45) is 5.92 Å². The quantitative estimate of drug-likeness (QED) is 0.300. The molecule has 0 fully saturated rings. The number of anilines is 2. The molecule has 3 aromatic rings. The van der Waals surface area contributed by atoms with E-state index in [0.717, 1.165) is 24.0 Å². The van der Waals surface area contributed by atoms with E-state index in [2.05, 4.69) is 29.0 Å². The number of nitrogens with one attached hydrogen (secondary N) is 2. The molecule has 36 heavy (non-hydrogen) atoms. The first-order chi connectivity index (χ1) is 16.9. The minimum atomic E-state index is -4.84. The number of aromatic nitrogens is 1. The van der Waals surface area contributed by atoms with Gasteiger partial charge in [0.1, 0.15) is 11.6 Å². The summed E-state index contributed by atoms with van der Waals surface area (Å²) < 4.78 is 48.3. The third-order valence-electron chi connectivity index (χ3n) is 5.40. The molecular formula is C26H25F3N4O3. The van der Waals surface area contributed by atoms with Crippen LogP contribution in [0.25, 0.3) is 6.08 Å². The number of furan rings is 1. The average molecular weight is 499 g/mol. The van der Waals surface area contributed by atoms with E-state index in [1.807, 2.05) is 19.9 Å². The van der Waals surface area contributed by atoms with Crippen molar-refractivity contribution in [1.82, 2.24) is 4.57 Å². The third kappa shape index (κ3) is 6.05. The zero-order chi connectivity index (χ0) is 26.6. The van der Waals surface area contributed by atoms with E-state index in [1.54, 1.807) is 6.07 Å². The van der Waals surface area contributed by atoms with Crippen LogP contribution in [0.4, 0.5) is 24.5 Å². The number of hydrogen-bond acceptors (Lipinski definition) is 4. The van der Waals surface area contributed by atoms with Gasteiger partial charge in [0.25, 0.3) is 11.8 Å². The van der Waals surface area contributed by atoms with E-state index in [1.165, 1.54) is 30.5 Å². The fourth-order valence-electron chi connectivity index (χ4n) is 3.68. The standard InChI is InChI=1S/C26H25F3N4O3/c1-15(2)14-33-16(3)10-18(17(33)4)11-19(13-30)24(34)32-22-8-7-20(12-21(22)26(27,28)29)31-25(35)23-6-5-9-36-23/h5-12,15H,14H2,1-4H3,(H,31,35)(H,32,34)/b19-11+. The molecule has 7 nitrogen and oxygen atoms in total. The lowest BCUT2D eigenvalue weighted by Gasteiger charge is -2.15. The van der Waals surface area contributed by atoms with E-state index in [0.29, 0.717) is 17.5 Å². The number of halogens is 3. The Balaban J connectivity index is 1.88. The van der Waals surface area contributed by atoms with E-state index >= 15 is 0 Å². The van der Waals surface area contributed by atoms with E-state index in [-0.39, 0.29) is 17.0 Å². The maximum absolute atomic E-state index is 13.8. The summed E-state index contributed by atoms with van der Waals surface area (Å²) in [6.45, 7) is 8.63. The van der Waals surface area contributed by atoms with Gasteiger partial charge in [-0.3, -0.25) is 9.59 Å². The summed E-state index contributed by atoms with van der Waals surface area (Å²) in [7, 11) is 0. The van der Waals surface area contributed by atoms with Crippen molar-refractivity contribution in [2.45, 2.75) is 40.4 Å². The maximum Gasteiger partial charge on any atom is 0.418 e. The molecule has 0 aliphatic carbocycles. The Kier molecular flexibility index (Phi) is 7.73. The van der Waals surface area contributed by atoms with Crippen molar-refractivity contribution in [3.8, 4) is 6.07 Å². The maximum atomic E-state index is 13.8. The van der Waals surface area contributed by atoms with Crippen molar-refractivity contribution in [3.63, 3.8) is 0 Å². The van der Waals surface area contributed by atoms with Crippen LogP contribution in [0.3, 0.4) is 0 Å².